The Kier molecular flexibility index (Phi) is 10.8. The van der Waals surface area contributed by atoms with Crippen LogP contribution in [0, 0.1) is 6.92 Å². The minimum absolute atomic E-state index is 0. The molecular formula is C23H35IN4O3S. The van der Waals surface area contributed by atoms with Crippen molar-refractivity contribution in [3.63, 3.8) is 0 Å². The molecule has 2 aliphatic heterocycles. The lowest BCUT2D eigenvalue weighted by molar-refractivity contribution is 0.0186. The van der Waals surface area contributed by atoms with Crippen LogP contribution < -0.4 is 10.6 Å². The van der Waals surface area contributed by atoms with Gasteiger partial charge in [0.05, 0.1) is 38.2 Å². The standard InChI is InChI=1S/C23H34N4O3S.HI/c1-18-6-7-22(31-18)21(27-10-14-28-15-11-27)17-26-23(25-16-20-5-3-13-30-20)24-9-8-19-4-2-12-29-19;/h2,4,6-7,12,20-21H,3,5,8-11,13-17H2,1H3,(H2,24,25,26);1H. The molecule has 0 aliphatic carbocycles. The second-order valence-electron chi connectivity index (χ2n) is 8.07. The van der Waals surface area contributed by atoms with Gasteiger partial charge in [0, 0.05) is 49.0 Å². The van der Waals surface area contributed by atoms with Crippen molar-refractivity contribution in [3.8, 4) is 0 Å². The van der Waals surface area contributed by atoms with Gasteiger partial charge in [-0.2, -0.15) is 0 Å². The Morgan fingerprint density at radius 2 is 2.09 bits per heavy atom. The molecule has 2 aromatic heterocycles. The Balaban J connectivity index is 0.00000289. The third kappa shape index (κ3) is 7.72. The van der Waals surface area contributed by atoms with E-state index in [-0.39, 0.29) is 36.1 Å². The lowest BCUT2D eigenvalue weighted by atomic mass is 10.2. The first-order chi connectivity index (χ1) is 15.3. The highest BCUT2D eigenvalue weighted by Crippen LogP contribution is 2.28. The number of aliphatic imine (C=N–C) groups is 1. The van der Waals surface area contributed by atoms with Crippen molar-refractivity contribution in [3.05, 3.63) is 46.0 Å². The molecule has 0 radical (unpaired) electrons. The van der Waals surface area contributed by atoms with E-state index in [0.29, 0.717) is 6.54 Å². The second-order valence-corrected chi connectivity index (χ2v) is 9.39. The number of aryl methyl sites for hydroxylation is 1. The summed E-state index contributed by atoms with van der Waals surface area (Å²) in [6.45, 7) is 8.76. The van der Waals surface area contributed by atoms with Crippen LogP contribution in [-0.4, -0.2) is 69.5 Å². The third-order valence-electron chi connectivity index (χ3n) is 5.76. The molecule has 2 unspecified atom stereocenters. The predicted molar refractivity (Wildman–Crippen MR) is 139 cm³/mol. The number of nitrogens with one attached hydrogen (secondary N) is 2. The number of nitrogens with zero attached hydrogens (tertiary/aromatic N) is 2. The van der Waals surface area contributed by atoms with Gasteiger partial charge in [-0.15, -0.1) is 35.3 Å². The molecule has 2 aliphatic rings. The average molecular weight is 575 g/mol. The van der Waals surface area contributed by atoms with Crippen molar-refractivity contribution < 1.29 is 13.9 Å². The van der Waals surface area contributed by atoms with Crippen LogP contribution >= 0.6 is 35.3 Å². The van der Waals surface area contributed by atoms with Gasteiger partial charge in [0.25, 0.3) is 0 Å². The van der Waals surface area contributed by atoms with Crippen molar-refractivity contribution in [1.82, 2.24) is 15.5 Å². The SMILES string of the molecule is Cc1ccc(C(CN=C(NCCc2ccco2)NCC2CCCO2)N2CCOCC2)s1.I. The summed E-state index contributed by atoms with van der Waals surface area (Å²) in [4.78, 5) is 10.2. The van der Waals surface area contributed by atoms with E-state index in [1.165, 1.54) is 9.75 Å². The number of morpholine rings is 1. The number of hydrogen-bond donors (Lipinski definition) is 2. The summed E-state index contributed by atoms with van der Waals surface area (Å²) in [6, 6.07) is 8.66. The minimum Gasteiger partial charge on any atom is -0.469 e. The maximum absolute atomic E-state index is 5.78. The van der Waals surface area contributed by atoms with E-state index < -0.39 is 0 Å². The zero-order valence-electron chi connectivity index (χ0n) is 18.8. The fourth-order valence-electron chi connectivity index (χ4n) is 4.03. The largest absolute Gasteiger partial charge is 0.469 e. The first-order valence-corrected chi connectivity index (χ1v) is 12.1. The predicted octanol–water partition coefficient (Wildman–Crippen LogP) is 3.60. The molecule has 32 heavy (non-hydrogen) atoms. The van der Waals surface area contributed by atoms with Crippen LogP contribution in [0.25, 0.3) is 0 Å². The number of ether oxygens (including phenoxy) is 2. The van der Waals surface area contributed by atoms with E-state index in [1.807, 2.05) is 23.5 Å². The van der Waals surface area contributed by atoms with Gasteiger partial charge in [0.15, 0.2) is 5.96 Å². The van der Waals surface area contributed by atoms with E-state index in [2.05, 4.69) is 34.6 Å². The number of furan rings is 1. The molecule has 4 rings (SSSR count). The van der Waals surface area contributed by atoms with Gasteiger partial charge < -0.3 is 24.5 Å². The Morgan fingerprint density at radius 1 is 1.22 bits per heavy atom. The molecule has 178 valence electrons. The number of hydrogen-bond acceptors (Lipinski definition) is 6. The molecule has 4 heterocycles. The summed E-state index contributed by atoms with van der Waals surface area (Å²) >= 11 is 1.87. The van der Waals surface area contributed by atoms with Crippen LogP contribution in [0.5, 0.6) is 0 Å². The number of halogens is 1. The Bertz CT molecular complexity index is 802. The number of guanidine groups is 1. The van der Waals surface area contributed by atoms with Crippen molar-refractivity contribution >= 4 is 41.3 Å². The van der Waals surface area contributed by atoms with Crippen LogP contribution in [0.4, 0.5) is 0 Å². The molecule has 0 spiro atoms. The van der Waals surface area contributed by atoms with Crippen molar-refractivity contribution in [2.24, 2.45) is 4.99 Å². The van der Waals surface area contributed by atoms with E-state index in [9.17, 15) is 0 Å². The fourth-order valence-corrected chi connectivity index (χ4v) is 5.04. The van der Waals surface area contributed by atoms with Gasteiger partial charge in [0.2, 0.25) is 0 Å². The summed E-state index contributed by atoms with van der Waals surface area (Å²) in [5.74, 6) is 1.82. The molecular weight excluding hydrogens is 539 g/mol. The topological polar surface area (TPSA) is 71.3 Å². The smallest absolute Gasteiger partial charge is 0.191 e. The third-order valence-corrected chi connectivity index (χ3v) is 6.87. The Hall–Kier alpha value is -1.14. The van der Waals surface area contributed by atoms with Crippen molar-refractivity contribution in [1.29, 1.82) is 0 Å². The quantitative estimate of drug-likeness (QED) is 0.271. The van der Waals surface area contributed by atoms with Gasteiger partial charge in [-0.1, -0.05) is 0 Å². The zero-order valence-corrected chi connectivity index (χ0v) is 21.9. The lowest BCUT2D eigenvalue weighted by Gasteiger charge is -2.33. The van der Waals surface area contributed by atoms with Crippen LogP contribution in [0.2, 0.25) is 0 Å². The fraction of sp³-hybridized carbons (Fsp3) is 0.609. The summed E-state index contributed by atoms with van der Waals surface area (Å²) in [5.41, 5.74) is 0. The first kappa shape index (κ1) is 25.5. The van der Waals surface area contributed by atoms with E-state index >= 15 is 0 Å². The van der Waals surface area contributed by atoms with Crippen molar-refractivity contribution in [2.45, 2.75) is 38.3 Å². The molecule has 0 bridgehead atoms. The Labute approximate surface area is 212 Å². The maximum Gasteiger partial charge on any atom is 0.191 e. The second kappa shape index (κ2) is 13.5. The van der Waals surface area contributed by atoms with Crippen LogP contribution in [0.1, 0.15) is 34.4 Å². The minimum atomic E-state index is 0. The highest BCUT2D eigenvalue weighted by Gasteiger charge is 2.24. The summed E-state index contributed by atoms with van der Waals surface area (Å²) in [7, 11) is 0. The summed E-state index contributed by atoms with van der Waals surface area (Å²) < 4.78 is 16.8. The van der Waals surface area contributed by atoms with Gasteiger partial charge in [0.1, 0.15) is 5.76 Å². The van der Waals surface area contributed by atoms with Gasteiger partial charge in [-0.3, -0.25) is 9.89 Å². The highest BCUT2D eigenvalue weighted by molar-refractivity contribution is 14.0. The van der Waals surface area contributed by atoms with Gasteiger partial charge in [-0.25, -0.2) is 0 Å². The number of thiophene rings is 1. The normalized spacial score (nSPS) is 20.7. The molecule has 2 atom stereocenters. The van der Waals surface area contributed by atoms with Crippen LogP contribution in [-0.2, 0) is 15.9 Å². The molecule has 7 nitrogen and oxygen atoms in total. The highest BCUT2D eigenvalue weighted by atomic mass is 127. The van der Waals surface area contributed by atoms with Gasteiger partial charge in [-0.05, 0) is 44.0 Å². The molecule has 0 aromatic carbocycles. The molecule has 0 amide bonds. The Morgan fingerprint density at radius 3 is 2.78 bits per heavy atom. The summed E-state index contributed by atoms with van der Waals surface area (Å²) in [6.07, 6.45) is 5.06. The maximum atomic E-state index is 5.78. The lowest BCUT2D eigenvalue weighted by Crippen LogP contribution is -2.43. The van der Waals surface area contributed by atoms with Crippen LogP contribution in [0.15, 0.2) is 39.9 Å². The first-order valence-electron chi connectivity index (χ1n) is 11.3. The molecule has 2 N–H and O–H groups in total. The van der Waals surface area contributed by atoms with Gasteiger partial charge >= 0.3 is 0 Å². The monoisotopic (exact) mass is 574 g/mol. The van der Waals surface area contributed by atoms with E-state index in [1.54, 1.807) is 6.26 Å². The average Bonchev–Trinajstić information content (AvgIpc) is 3.56. The van der Waals surface area contributed by atoms with Crippen LogP contribution in [0.3, 0.4) is 0 Å². The zero-order chi connectivity index (χ0) is 21.3. The number of rotatable bonds is 9. The molecule has 0 saturated carbocycles. The molecule has 2 aromatic rings. The summed E-state index contributed by atoms with van der Waals surface area (Å²) in [5, 5.41) is 6.98. The molecule has 2 saturated heterocycles. The van der Waals surface area contributed by atoms with E-state index in [4.69, 9.17) is 18.9 Å². The molecule has 2 fully saturated rings. The van der Waals surface area contributed by atoms with E-state index in [0.717, 1.165) is 77.0 Å². The molecule has 9 heteroatoms. The van der Waals surface area contributed by atoms with Crippen molar-refractivity contribution in [2.75, 3.05) is 52.5 Å².